The van der Waals surface area contributed by atoms with Gasteiger partial charge in [0.1, 0.15) is 5.71 Å². The number of carbonyl (C=O) groups excluding carboxylic acids is 1. The topological polar surface area (TPSA) is 102 Å². The molecule has 0 aliphatic carbocycles. The van der Waals surface area contributed by atoms with Crippen LogP contribution in [-0.4, -0.2) is 41.5 Å². The summed E-state index contributed by atoms with van der Waals surface area (Å²) >= 11 is 1.37. The van der Waals surface area contributed by atoms with E-state index in [0.29, 0.717) is 5.13 Å². The zero-order chi connectivity index (χ0) is 21.7. The highest BCUT2D eigenvalue weighted by Gasteiger charge is 2.30. The molecule has 0 atom stereocenters. The lowest BCUT2D eigenvalue weighted by atomic mass is 10.1. The van der Waals surface area contributed by atoms with Crippen LogP contribution < -0.4 is 10.7 Å². The van der Waals surface area contributed by atoms with Crippen LogP contribution in [0.4, 0.5) is 5.13 Å². The predicted octanol–water partition coefficient (Wildman–Crippen LogP) is 4.55. The molecule has 0 fully saturated rings. The minimum Gasteiger partial charge on any atom is -0.309 e. The Morgan fingerprint density at radius 3 is 2.48 bits per heavy atom. The van der Waals surface area contributed by atoms with Crippen molar-refractivity contribution in [3.63, 3.8) is 0 Å². The third kappa shape index (κ3) is 7.19. The first-order chi connectivity index (χ1) is 13.5. The van der Waals surface area contributed by atoms with Crippen molar-refractivity contribution in [1.29, 1.82) is 0 Å². The fourth-order valence-corrected chi connectivity index (χ4v) is 4.94. The Morgan fingerprint density at radius 2 is 1.90 bits per heavy atom. The van der Waals surface area contributed by atoms with Crippen molar-refractivity contribution < 1.29 is 18.4 Å². The first-order valence-electron chi connectivity index (χ1n) is 9.45. The van der Waals surface area contributed by atoms with Crippen LogP contribution in [0.5, 0.6) is 0 Å². The van der Waals surface area contributed by atoms with Gasteiger partial charge in [0.2, 0.25) is 0 Å². The Morgan fingerprint density at radius 1 is 1.24 bits per heavy atom. The van der Waals surface area contributed by atoms with Crippen LogP contribution in [0, 0.1) is 6.92 Å². The van der Waals surface area contributed by atoms with Crippen LogP contribution in [0.3, 0.4) is 0 Å². The van der Waals surface area contributed by atoms with E-state index < -0.39 is 13.5 Å². The number of hydrogen-bond donors (Lipinski definition) is 2. The second kappa shape index (κ2) is 9.80. The van der Waals surface area contributed by atoms with E-state index in [1.54, 1.807) is 13.8 Å². The molecule has 0 unspecified atom stereocenters. The number of nitrogens with zero attached hydrogens (tertiary/aromatic N) is 2. The van der Waals surface area contributed by atoms with E-state index >= 15 is 0 Å². The van der Waals surface area contributed by atoms with Crippen molar-refractivity contribution in [2.24, 2.45) is 5.10 Å². The number of rotatable bonds is 9. The van der Waals surface area contributed by atoms with Gasteiger partial charge in [-0.05, 0) is 59.2 Å². The number of aromatic nitrogens is 1. The van der Waals surface area contributed by atoms with E-state index in [0.717, 1.165) is 15.8 Å². The molecule has 29 heavy (non-hydrogen) atoms. The standard InChI is InChI=1S/C19H29N4O4PS/c1-7-26-28(25,27-8-2)12-15(22-23-19(4,5)6)17(24)21-18-20-14-10-9-13(3)11-16(14)29-18/h9-11,23H,7-8,12H2,1-6H3,(H,20,21,24)/b22-15+. The lowest BCUT2D eigenvalue weighted by molar-refractivity contribution is -0.110. The molecule has 10 heteroatoms. The zero-order valence-corrected chi connectivity index (χ0v) is 19.4. The van der Waals surface area contributed by atoms with Crippen molar-refractivity contribution in [1.82, 2.24) is 10.4 Å². The Balaban J connectivity index is 2.28. The molecule has 0 aliphatic rings. The molecule has 1 heterocycles. The first kappa shape index (κ1) is 23.5. The number of thiazole rings is 1. The third-order valence-electron chi connectivity index (χ3n) is 3.55. The maximum absolute atomic E-state index is 12.9. The highest BCUT2D eigenvalue weighted by Crippen LogP contribution is 2.48. The molecule has 0 spiro atoms. The number of amides is 1. The van der Waals surface area contributed by atoms with Crippen molar-refractivity contribution in [2.75, 3.05) is 24.7 Å². The largest absolute Gasteiger partial charge is 0.336 e. The second-order valence-electron chi connectivity index (χ2n) is 7.47. The number of hydrazone groups is 1. The predicted molar refractivity (Wildman–Crippen MR) is 119 cm³/mol. The van der Waals surface area contributed by atoms with Crippen molar-refractivity contribution >= 4 is 45.9 Å². The van der Waals surface area contributed by atoms with Gasteiger partial charge in [0.15, 0.2) is 5.13 Å². The number of anilines is 1. The molecule has 1 aromatic carbocycles. The number of fused-ring (bicyclic) bond motifs is 1. The van der Waals surface area contributed by atoms with Gasteiger partial charge in [-0.3, -0.25) is 14.7 Å². The SMILES string of the molecule is CCOP(=O)(C/C(=N\NC(C)(C)C)C(=O)Nc1nc2ccc(C)cc2s1)OCC. The molecule has 2 N–H and O–H groups in total. The summed E-state index contributed by atoms with van der Waals surface area (Å²) in [6.07, 6.45) is -0.242. The van der Waals surface area contributed by atoms with Crippen molar-refractivity contribution in [3.05, 3.63) is 23.8 Å². The summed E-state index contributed by atoms with van der Waals surface area (Å²) < 4.78 is 24.6. The molecule has 0 radical (unpaired) electrons. The fourth-order valence-electron chi connectivity index (χ4n) is 2.35. The van der Waals surface area contributed by atoms with Gasteiger partial charge < -0.3 is 14.5 Å². The average Bonchev–Trinajstić information content (AvgIpc) is 2.99. The van der Waals surface area contributed by atoms with Crippen molar-refractivity contribution in [2.45, 2.75) is 47.1 Å². The minimum atomic E-state index is -3.50. The summed E-state index contributed by atoms with van der Waals surface area (Å²) in [6, 6.07) is 5.89. The lowest BCUT2D eigenvalue weighted by Gasteiger charge is -2.21. The number of nitrogens with one attached hydrogen (secondary N) is 2. The Kier molecular flexibility index (Phi) is 7.94. The monoisotopic (exact) mass is 440 g/mol. The third-order valence-corrected chi connectivity index (χ3v) is 6.47. The molecule has 8 nitrogen and oxygen atoms in total. The van der Waals surface area contributed by atoms with E-state index in [1.807, 2.05) is 45.9 Å². The van der Waals surface area contributed by atoms with Gasteiger partial charge in [-0.1, -0.05) is 17.4 Å². The van der Waals surface area contributed by atoms with E-state index in [9.17, 15) is 9.36 Å². The number of benzene rings is 1. The second-order valence-corrected chi connectivity index (χ2v) is 10.6. The quantitative estimate of drug-likeness (QED) is 0.337. The van der Waals surface area contributed by atoms with Gasteiger partial charge in [0.25, 0.3) is 5.91 Å². The number of carbonyl (C=O) groups is 1. The molecule has 0 saturated heterocycles. The van der Waals surface area contributed by atoms with Crippen LogP contribution in [-0.2, 0) is 18.4 Å². The molecule has 0 saturated carbocycles. The van der Waals surface area contributed by atoms with Crippen molar-refractivity contribution in [3.8, 4) is 0 Å². The molecule has 2 rings (SSSR count). The summed E-state index contributed by atoms with van der Waals surface area (Å²) in [5.41, 5.74) is 4.48. The van der Waals surface area contributed by atoms with E-state index in [4.69, 9.17) is 9.05 Å². The summed E-state index contributed by atoms with van der Waals surface area (Å²) in [6.45, 7) is 11.6. The van der Waals surface area contributed by atoms with E-state index in [1.165, 1.54) is 11.3 Å². The molecule has 0 aliphatic heterocycles. The van der Waals surface area contributed by atoms with Crippen LogP contribution in [0.1, 0.15) is 40.2 Å². The Labute approximate surface area is 175 Å². The summed E-state index contributed by atoms with van der Waals surface area (Å²) in [5.74, 6) is -0.503. The van der Waals surface area contributed by atoms with Crippen LogP contribution >= 0.6 is 18.9 Å². The van der Waals surface area contributed by atoms with Gasteiger partial charge >= 0.3 is 7.60 Å². The van der Waals surface area contributed by atoms with E-state index in [2.05, 4.69) is 20.8 Å². The maximum Gasteiger partial charge on any atom is 0.336 e. The molecule has 0 bridgehead atoms. The Hall–Kier alpha value is -1.80. The van der Waals surface area contributed by atoms with Gasteiger partial charge in [-0.15, -0.1) is 0 Å². The number of hydrogen-bond acceptors (Lipinski definition) is 8. The maximum atomic E-state index is 12.9. The average molecular weight is 441 g/mol. The highest BCUT2D eigenvalue weighted by atomic mass is 32.1. The van der Waals surface area contributed by atoms with Gasteiger partial charge in [0, 0.05) is 5.54 Å². The van der Waals surface area contributed by atoms with Gasteiger partial charge in [-0.25, -0.2) is 4.98 Å². The molecule has 2 aromatic rings. The lowest BCUT2D eigenvalue weighted by Crippen LogP contribution is -2.36. The van der Waals surface area contributed by atoms with E-state index in [-0.39, 0.29) is 30.6 Å². The summed E-state index contributed by atoms with van der Waals surface area (Å²) in [7, 11) is -3.50. The van der Waals surface area contributed by atoms with Gasteiger partial charge in [0.05, 0.1) is 29.6 Å². The van der Waals surface area contributed by atoms with Crippen LogP contribution in [0.2, 0.25) is 0 Å². The molecular formula is C19H29N4O4PS. The minimum absolute atomic E-state index is 0.0283. The van der Waals surface area contributed by atoms with Crippen LogP contribution in [0.25, 0.3) is 10.2 Å². The zero-order valence-electron chi connectivity index (χ0n) is 17.7. The van der Waals surface area contributed by atoms with Gasteiger partial charge in [-0.2, -0.15) is 5.10 Å². The fraction of sp³-hybridized carbons (Fsp3) is 0.526. The Bertz CT molecular complexity index is 926. The normalized spacial score (nSPS) is 13.0. The smallest absolute Gasteiger partial charge is 0.309 e. The molecule has 1 aromatic heterocycles. The summed E-state index contributed by atoms with van der Waals surface area (Å²) in [4.78, 5) is 17.3. The first-order valence-corrected chi connectivity index (χ1v) is 12.0. The molecular weight excluding hydrogens is 411 g/mol. The van der Waals surface area contributed by atoms with Crippen LogP contribution in [0.15, 0.2) is 23.3 Å². The molecule has 160 valence electrons. The highest BCUT2D eigenvalue weighted by molar-refractivity contribution is 7.55. The number of aryl methyl sites for hydroxylation is 1. The summed E-state index contributed by atoms with van der Waals surface area (Å²) in [5, 5.41) is 7.41. The molecule has 1 amide bonds.